The van der Waals surface area contributed by atoms with Crippen molar-refractivity contribution in [1.29, 1.82) is 0 Å². The highest BCUT2D eigenvalue weighted by atomic mass is 32.1. The van der Waals surface area contributed by atoms with Gasteiger partial charge < -0.3 is 24.8 Å². The normalized spacial score (nSPS) is 11.1. The van der Waals surface area contributed by atoms with Crippen LogP contribution in [0.25, 0.3) is 0 Å². The Morgan fingerprint density at radius 2 is 1.84 bits per heavy atom. The molecule has 0 radical (unpaired) electrons. The summed E-state index contributed by atoms with van der Waals surface area (Å²) in [5.41, 5.74) is 2.29. The van der Waals surface area contributed by atoms with E-state index in [-0.39, 0.29) is 0 Å². The first-order valence-corrected chi connectivity index (χ1v) is 8.91. The molecule has 0 saturated carbocycles. The van der Waals surface area contributed by atoms with Gasteiger partial charge in [0.15, 0.2) is 17.5 Å². The third-order valence-corrected chi connectivity index (χ3v) is 4.47. The van der Waals surface area contributed by atoms with Gasteiger partial charge in [0, 0.05) is 25.7 Å². The lowest BCUT2D eigenvalue weighted by atomic mass is 10.1. The summed E-state index contributed by atoms with van der Waals surface area (Å²) in [6.45, 7) is 1.47. The Morgan fingerprint density at radius 1 is 1.04 bits per heavy atom. The first-order valence-electron chi connectivity index (χ1n) is 7.96. The summed E-state index contributed by atoms with van der Waals surface area (Å²) in [6, 6.07) is 5.98. The summed E-state index contributed by atoms with van der Waals surface area (Å²) in [6.07, 6.45) is 0.767. The predicted octanol–water partition coefficient (Wildman–Crippen LogP) is 2.68. The van der Waals surface area contributed by atoms with Crippen LogP contribution in [-0.2, 0) is 13.0 Å². The molecule has 7 heteroatoms. The molecule has 1 aromatic heterocycles. The minimum absolute atomic E-state index is 0.613. The summed E-state index contributed by atoms with van der Waals surface area (Å²) < 4.78 is 16.2. The monoisotopic (exact) mass is 363 g/mol. The lowest BCUT2D eigenvalue weighted by molar-refractivity contribution is 0.322. The molecule has 0 bridgehead atoms. The van der Waals surface area contributed by atoms with Crippen LogP contribution in [0.1, 0.15) is 11.1 Å². The van der Waals surface area contributed by atoms with E-state index in [4.69, 9.17) is 14.2 Å². The van der Waals surface area contributed by atoms with Gasteiger partial charge in [-0.2, -0.15) is 11.3 Å². The molecular formula is C18H25N3O3S. The van der Waals surface area contributed by atoms with E-state index in [0.29, 0.717) is 17.2 Å². The minimum atomic E-state index is 0.613. The minimum Gasteiger partial charge on any atom is -0.493 e. The molecule has 1 aromatic carbocycles. The molecular weight excluding hydrogens is 338 g/mol. The fourth-order valence-electron chi connectivity index (χ4n) is 2.48. The lowest BCUT2D eigenvalue weighted by Gasteiger charge is -2.16. The topological polar surface area (TPSA) is 64.1 Å². The molecule has 0 unspecified atom stereocenters. The molecule has 2 N–H and O–H groups in total. The second-order valence-electron chi connectivity index (χ2n) is 5.23. The molecule has 25 heavy (non-hydrogen) atoms. The van der Waals surface area contributed by atoms with E-state index in [1.807, 2.05) is 12.1 Å². The maximum atomic E-state index is 5.51. The van der Waals surface area contributed by atoms with E-state index in [0.717, 1.165) is 31.0 Å². The van der Waals surface area contributed by atoms with Crippen LogP contribution in [0.15, 0.2) is 34.0 Å². The highest BCUT2D eigenvalue weighted by Gasteiger charge is 2.15. The predicted molar refractivity (Wildman–Crippen MR) is 102 cm³/mol. The maximum Gasteiger partial charge on any atom is 0.203 e. The van der Waals surface area contributed by atoms with Crippen molar-refractivity contribution < 1.29 is 14.2 Å². The van der Waals surface area contributed by atoms with E-state index in [2.05, 4.69) is 32.5 Å². The van der Waals surface area contributed by atoms with Crippen LogP contribution in [0, 0.1) is 0 Å². The van der Waals surface area contributed by atoms with E-state index in [9.17, 15) is 0 Å². The molecule has 0 aliphatic heterocycles. The highest BCUT2D eigenvalue weighted by Crippen LogP contribution is 2.39. The third-order valence-electron chi connectivity index (χ3n) is 3.74. The number of benzene rings is 1. The standard InChI is InChI=1S/C18H25N3O3S/c1-19-18(21-11-13-8-10-25-12-13)20-9-7-14-5-6-15(22-2)17(24-4)16(14)23-3/h5-6,8,10,12H,7,9,11H2,1-4H3,(H2,19,20,21). The van der Waals surface area contributed by atoms with Crippen LogP contribution < -0.4 is 24.8 Å². The Balaban J connectivity index is 1.93. The van der Waals surface area contributed by atoms with Crippen molar-refractivity contribution >= 4 is 17.3 Å². The van der Waals surface area contributed by atoms with Crippen molar-refractivity contribution in [2.75, 3.05) is 34.9 Å². The van der Waals surface area contributed by atoms with Gasteiger partial charge in [0.05, 0.1) is 21.3 Å². The smallest absolute Gasteiger partial charge is 0.203 e. The molecule has 0 aliphatic rings. The number of rotatable bonds is 8. The van der Waals surface area contributed by atoms with Gasteiger partial charge in [-0.1, -0.05) is 6.07 Å². The average Bonchev–Trinajstić information content (AvgIpc) is 3.17. The highest BCUT2D eigenvalue weighted by molar-refractivity contribution is 7.07. The number of nitrogens with one attached hydrogen (secondary N) is 2. The van der Waals surface area contributed by atoms with Crippen molar-refractivity contribution in [1.82, 2.24) is 10.6 Å². The summed E-state index contributed by atoms with van der Waals surface area (Å²) in [5, 5.41) is 10.8. The SMILES string of the molecule is CN=C(NCCc1ccc(OC)c(OC)c1OC)NCc1ccsc1. The summed E-state index contributed by atoms with van der Waals surface area (Å²) in [5.74, 6) is 2.74. The first-order chi connectivity index (χ1) is 12.2. The van der Waals surface area contributed by atoms with Gasteiger partial charge in [0.1, 0.15) is 0 Å². The molecule has 6 nitrogen and oxygen atoms in total. The van der Waals surface area contributed by atoms with Gasteiger partial charge in [-0.25, -0.2) is 0 Å². The summed E-state index contributed by atoms with van der Waals surface area (Å²) in [7, 11) is 6.62. The van der Waals surface area contributed by atoms with Gasteiger partial charge >= 0.3 is 0 Å². The number of aliphatic imine (C=N–C) groups is 1. The number of thiophene rings is 1. The Bertz CT molecular complexity index is 687. The van der Waals surface area contributed by atoms with E-state index in [1.165, 1.54) is 5.56 Å². The van der Waals surface area contributed by atoms with E-state index >= 15 is 0 Å². The Kier molecular flexibility index (Phi) is 7.40. The molecule has 2 rings (SSSR count). The van der Waals surface area contributed by atoms with Crippen molar-refractivity contribution in [3.63, 3.8) is 0 Å². The molecule has 136 valence electrons. The number of methoxy groups -OCH3 is 3. The van der Waals surface area contributed by atoms with Gasteiger partial charge in [-0.05, 0) is 34.9 Å². The Morgan fingerprint density at radius 3 is 2.44 bits per heavy atom. The first kappa shape index (κ1) is 18.9. The molecule has 0 spiro atoms. The Labute approximate surface area is 152 Å². The maximum absolute atomic E-state index is 5.51. The molecule has 2 aromatic rings. The van der Waals surface area contributed by atoms with Gasteiger partial charge in [0.2, 0.25) is 5.75 Å². The van der Waals surface area contributed by atoms with Gasteiger partial charge in [0.25, 0.3) is 0 Å². The molecule has 0 amide bonds. The fraction of sp³-hybridized carbons (Fsp3) is 0.389. The molecule has 0 atom stereocenters. The fourth-order valence-corrected chi connectivity index (χ4v) is 3.14. The third kappa shape index (κ3) is 5.03. The zero-order valence-corrected chi connectivity index (χ0v) is 15.9. The van der Waals surface area contributed by atoms with E-state index in [1.54, 1.807) is 39.7 Å². The van der Waals surface area contributed by atoms with Crippen molar-refractivity contribution in [2.45, 2.75) is 13.0 Å². The lowest BCUT2D eigenvalue weighted by Crippen LogP contribution is -2.37. The summed E-state index contributed by atoms with van der Waals surface area (Å²) in [4.78, 5) is 4.24. The Hall–Kier alpha value is -2.41. The van der Waals surface area contributed by atoms with Crippen molar-refractivity contribution in [3.8, 4) is 17.2 Å². The van der Waals surface area contributed by atoms with Crippen molar-refractivity contribution in [2.24, 2.45) is 4.99 Å². The number of ether oxygens (including phenoxy) is 3. The van der Waals surface area contributed by atoms with Crippen molar-refractivity contribution in [3.05, 3.63) is 40.1 Å². The number of hydrogen-bond donors (Lipinski definition) is 2. The molecule has 0 saturated heterocycles. The quantitative estimate of drug-likeness (QED) is 0.558. The van der Waals surface area contributed by atoms with Crippen LogP contribution in [0.3, 0.4) is 0 Å². The molecule has 1 heterocycles. The molecule has 0 fully saturated rings. The van der Waals surface area contributed by atoms with Crippen LogP contribution in [-0.4, -0.2) is 40.9 Å². The second-order valence-corrected chi connectivity index (χ2v) is 6.01. The second kappa shape index (κ2) is 9.78. The van der Waals surface area contributed by atoms with E-state index < -0.39 is 0 Å². The van der Waals surface area contributed by atoms with Gasteiger partial charge in [-0.3, -0.25) is 4.99 Å². The zero-order valence-electron chi connectivity index (χ0n) is 15.1. The number of nitrogens with zero attached hydrogens (tertiary/aromatic N) is 1. The average molecular weight is 363 g/mol. The zero-order chi connectivity index (χ0) is 18.1. The number of guanidine groups is 1. The largest absolute Gasteiger partial charge is 0.493 e. The number of hydrogen-bond acceptors (Lipinski definition) is 5. The van der Waals surface area contributed by atoms with Crippen LogP contribution in [0.4, 0.5) is 0 Å². The summed E-state index contributed by atoms with van der Waals surface area (Å²) >= 11 is 1.69. The van der Waals surface area contributed by atoms with Crippen LogP contribution in [0.5, 0.6) is 17.2 Å². The van der Waals surface area contributed by atoms with Crippen LogP contribution >= 0.6 is 11.3 Å². The molecule has 0 aliphatic carbocycles. The van der Waals surface area contributed by atoms with Gasteiger partial charge in [-0.15, -0.1) is 0 Å². The van der Waals surface area contributed by atoms with Crippen LogP contribution in [0.2, 0.25) is 0 Å².